The van der Waals surface area contributed by atoms with Crippen LogP contribution in [-0.2, 0) is 22.7 Å². The molecule has 0 spiro atoms. The van der Waals surface area contributed by atoms with Crippen molar-refractivity contribution in [3.63, 3.8) is 0 Å². The first-order valence-corrected chi connectivity index (χ1v) is 11.0. The van der Waals surface area contributed by atoms with Crippen molar-refractivity contribution in [1.29, 1.82) is 0 Å². The van der Waals surface area contributed by atoms with E-state index in [1.54, 1.807) is 36.3 Å². The van der Waals surface area contributed by atoms with Crippen molar-refractivity contribution in [1.82, 2.24) is 5.32 Å². The highest BCUT2D eigenvalue weighted by Gasteiger charge is 2.39. The molecule has 2 atom stereocenters. The minimum absolute atomic E-state index is 0.187. The van der Waals surface area contributed by atoms with E-state index in [4.69, 9.17) is 16.0 Å². The van der Waals surface area contributed by atoms with Gasteiger partial charge in [-0.15, -0.1) is 11.8 Å². The smallest absolute Gasteiger partial charge is 0.241 e. The van der Waals surface area contributed by atoms with Crippen molar-refractivity contribution in [2.45, 2.75) is 30.2 Å². The van der Waals surface area contributed by atoms with Gasteiger partial charge in [0.15, 0.2) is 0 Å². The van der Waals surface area contributed by atoms with E-state index in [1.165, 1.54) is 23.9 Å². The molecule has 1 aliphatic rings. The van der Waals surface area contributed by atoms with E-state index in [0.29, 0.717) is 11.3 Å². The summed E-state index contributed by atoms with van der Waals surface area (Å²) in [4.78, 5) is 28.7. The number of benzene rings is 2. The highest BCUT2D eigenvalue weighted by Crippen LogP contribution is 2.42. The molecule has 3 aromatic rings. The zero-order chi connectivity index (χ0) is 22.0. The molecule has 4 rings (SSSR count). The fourth-order valence-electron chi connectivity index (χ4n) is 3.42. The van der Waals surface area contributed by atoms with Gasteiger partial charge in [-0.3, -0.25) is 9.59 Å². The van der Waals surface area contributed by atoms with Crippen LogP contribution in [0.4, 0.5) is 10.1 Å². The molecule has 160 valence electrons. The number of rotatable bonds is 6. The lowest BCUT2D eigenvalue weighted by molar-refractivity contribution is -0.128. The van der Waals surface area contributed by atoms with Crippen LogP contribution in [0.3, 0.4) is 0 Å². The quantitative estimate of drug-likeness (QED) is 0.562. The van der Waals surface area contributed by atoms with Crippen molar-refractivity contribution in [3.05, 3.63) is 83.0 Å². The van der Waals surface area contributed by atoms with Gasteiger partial charge in [-0.1, -0.05) is 36.7 Å². The van der Waals surface area contributed by atoms with Crippen LogP contribution in [0.25, 0.3) is 0 Å². The van der Waals surface area contributed by atoms with Crippen LogP contribution >= 0.6 is 23.4 Å². The summed E-state index contributed by atoms with van der Waals surface area (Å²) in [6, 6.07) is 15.2. The molecule has 2 amide bonds. The number of thioether (sulfide) groups is 1. The monoisotopic (exact) mass is 458 g/mol. The number of fused-ring (bicyclic) bond motifs is 1. The molecule has 5 nitrogen and oxygen atoms in total. The van der Waals surface area contributed by atoms with Gasteiger partial charge >= 0.3 is 0 Å². The molecule has 0 radical (unpaired) electrons. The molecule has 1 aliphatic heterocycles. The van der Waals surface area contributed by atoms with E-state index >= 15 is 0 Å². The van der Waals surface area contributed by atoms with E-state index < -0.39 is 17.0 Å². The van der Waals surface area contributed by atoms with Gasteiger partial charge in [0.2, 0.25) is 11.8 Å². The summed E-state index contributed by atoms with van der Waals surface area (Å²) in [5, 5.41) is 2.48. The predicted molar refractivity (Wildman–Crippen MR) is 118 cm³/mol. The Morgan fingerprint density at radius 3 is 2.81 bits per heavy atom. The number of hydrogen-bond donors (Lipinski definition) is 1. The lowest BCUT2D eigenvalue weighted by Crippen LogP contribution is -2.47. The normalized spacial score (nSPS) is 16.7. The Bertz CT molecular complexity index is 1110. The third-order valence-electron chi connectivity index (χ3n) is 5.15. The number of nitrogens with zero attached hydrogens (tertiary/aromatic N) is 1. The van der Waals surface area contributed by atoms with Gasteiger partial charge in [0.05, 0.1) is 31.0 Å². The maximum Gasteiger partial charge on any atom is 0.241 e. The standard InChI is InChI=1S/C23H20ClFN2O3S/c1-14(22(28)26-12-17-5-4-10-30-17)21-23(29)27(19-6-2-3-7-20(19)31-21)13-15-8-9-16(25)11-18(15)24/h2-11,14,21H,12-13H2,1H3,(H,26,28)/t14-,21-/m0/s1. The number of anilines is 1. The van der Waals surface area contributed by atoms with Crippen LogP contribution in [0.15, 0.2) is 70.2 Å². The van der Waals surface area contributed by atoms with Gasteiger partial charge in [0, 0.05) is 9.92 Å². The zero-order valence-electron chi connectivity index (χ0n) is 16.7. The molecule has 0 bridgehead atoms. The summed E-state index contributed by atoms with van der Waals surface area (Å²) in [5.74, 6) is -0.798. The summed E-state index contributed by atoms with van der Waals surface area (Å²) in [7, 11) is 0. The molecule has 31 heavy (non-hydrogen) atoms. The van der Waals surface area contributed by atoms with Gasteiger partial charge in [-0.25, -0.2) is 4.39 Å². The molecular formula is C23H20ClFN2O3S. The average Bonchev–Trinajstić information content (AvgIpc) is 3.28. The van der Waals surface area contributed by atoms with Gasteiger partial charge in [0.25, 0.3) is 0 Å². The van der Waals surface area contributed by atoms with Gasteiger partial charge in [-0.2, -0.15) is 0 Å². The number of carbonyl (C=O) groups excluding carboxylic acids is 2. The van der Waals surface area contributed by atoms with Crippen LogP contribution in [0.1, 0.15) is 18.2 Å². The topological polar surface area (TPSA) is 62.6 Å². The number of carbonyl (C=O) groups is 2. The molecule has 1 N–H and O–H groups in total. The number of hydrogen-bond acceptors (Lipinski definition) is 4. The summed E-state index contributed by atoms with van der Waals surface area (Å²) >= 11 is 7.58. The van der Waals surface area contributed by atoms with Crippen molar-refractivity contribution >= 4 is 40.9 Å². The first-order chi connectivity index (χ1) is 14.9. The number of furan rings is 1. The van der Waals surface area contributed by atoms with Crippen molar-refractivity contribution in [3.8, 4) is 0 Å². The summed E-state index contributed by atoms with van der Waals surface area (Å²) < 4.78 is 18.7. The minimum Gasteiger partial charge on any atom is -0.467 e. The molecule has 0 fully saturated rings. The molecule has 0 saturated heterocycles. The second kappa shape index (κ2) is 9.16. The predicted octanol–water partition coefficient (Wildman–Crippen LogP) is 5.03. The van der Waals surface area contributed by atoms with Gasteiger partial charge in [0.1, 0.15) is 16.8 Å². The molecule has 1 aromatic heterocycles. The fourth-order valence-corrected chi connectivity index (χ4v) is 4.94. The Labute approximate surface area is 188 Å². The van der Waals surface area contributed by atoms with E-state index in [1.807, 2.05) is 24.3 Å². The first-order valence-electron chi connectivity index (χ1n) is 9.75. The highest BCUT2D eigenvalue weighted by atomic mass is 35.5. The summed E-state index contributed by atoms with van der Waals surface area (Å²) in [6.07, 6.45) is 1.54. The molecule has 0 unspecified atom stereocenters. The molecular weight excluding hydrogens is 439 g/mol. The molecule has 2 aromatic carbocycles. The molecule has 8 heteroatoms. The third kappa shape index (κ3) is 4.62. The van der Waals surface area contributed by atoms with Crippen LogP contribution in [0.2, 0.25) is 5.02 Å². The summed E-state index contributed by atoms with van der Waals surface area (Å²) in [6.45, 7) is 2.18. The summed E-state index contributed by atoms with van der Waals surface area (Å²) in [5.41, 5.74) is 1.38. The SMILES string of the molecule is C[C@H](C(=O)NCc1ccco1)[C@@H]1Sc2ccccc2N(Cc2ccc(F)cc2Cl)C1=O. The Kier molecular flexibility index (Phi) is 6.34. The van der Waals surface area contributed by atoms with Gasteiger partial charge < -0.3 is 14.6 Å². The zero-order valence-corrected chi connectivity index (χ0v) is 18.3. The average molecular weight is 459 g/mol. The van der Waals surface area contributed by atoms with E-state index in [0.717, 1.165) is 10.6 Å². The van der Waals surface area contributed by atoms with Crippen LogP contribution in [-0.4, -0.2) is 17.1 Å². The Hall–Kier alpha value is -2.77. The first kappa shape index (κ1) is 21.5. The number of nitrogens with one attached hydrogen (secondary N) is 1. The van der Waals surface area contributed by atoms with Crippen molar-refractivity contribution in [2.24, 2.45) is 5.92 Å². The molecule has 2 heterocycles. The minimum atomic E-state index is -0.606. The largest absolute Gasteiger partial charge is 0.467 e. The van der Waals surface area contributed by atoms with Crippen molar-refractivity contribution in [2.75, 3.05) is 4.90 Å². The molecule has 0 aliphatic carbocycles. The second-order valence-electron chi connectivity index (χ2n) is 7.25. The van der Waals surface area contributed by atoms with Gasteiger partial charge in [-0.05, 0) is 42.0 Å². The third-order valence-corrected chi connectivity index (χ3v) is 6.96. The van der Waals surface area contributed by atoms with Crippen LogP contribution in [0, 0.1) is 11.7 Å². The Morgan fingerprint density at radius 1 is 1.26 bits per heavy atom. The van der Waals surface area contributed by atoms with E-state index in [9.17, 15) is 14.0 Å². The fraction of sp³-hybridized carbons (Fsp3) is 0.217. The highest BCUT2D eigenvalue weighted by molar-refractivity contribution is 8.01. The second-order valence-corrected chi connectivity index (χ2v) is 8.84. The Balaban J connectivity index is 1.57. The van der Waals surface area contributed by atoms with Crippen molar-refractivity contribution < 1.29 is 18.4 Å². The maximum atomic E-state index is 13.5. The lowest BCUT2D eigenvalue weighted by atomic mass is 10.0. The number of amides is 2. The van der Waals surface area contributed by atoms with E-state index in [2.05, 4.69) is 5.32 Å². The van der Waals surface area contributed by atoms with E-state index in [-0.39, 0.29) is 29.9 Å². The van der Waals surface area contributed by atoms with Crippen LogP contribution in [0.5, 0.6) is 0 Å². The number of halogens is 2. The Morgan fingerprint density at radius 2 is 2.06 bits per heavy atom. The molecule has 0 saturated carbocycles. The maximum absolute atomic E-state index is 13.5. The van der Waals surface area contributed by atoms with Crippen LogP contribution < -0.4 is 10.2 Å². The lowest BCUT2D eigenvalue weighted by Gasteiger charge is -2.36. The number of para-hydroxylation sites is 1.